The van der Waals surface area contributed by atoms with Gasteiger partial charge in [-0.3, -0.25) is 9.36 Å². The number of hydrogen-bond acceptors (Lipinski definition) is 9. The summed E-state index contributed by atoms with van der Waals surface area (Å²) in [5, 5.41) is 10.1. The summed E-state index contributed by atoms with van der Waals surface area (Å²) in [6.07, 6.45) is -3.22. The van der Waals surface area contributed by atoms with E-state index in [1.807, 2.05) is 0 Å². The number of fused-ring (bicyclic) bond motifs is 1. The first-order chi connectivity index (χ1) is 12.6. The van der Waals surface area contributed by atoms with Crippen molar-refractivity contribution < 1.29 is 25.1 Å². The second-order valence-electron chi connectivity index (χ2n) is 6.27. The van der Waals surface area contributed by atoms with Crippen LogP contribution in [-0.4, -0.2) is 61.6 Å². The zero-order valence-electron chi connectivity index (χ0n) is 15.2. The number of nitrogen functional groups attached to an aromatic ring is 1. The molecular formula is C15H21FN6O4. The fourth-order valence-corrected chi connectivity index (χ4v) is 2.61. The van der Waals surface area contributed by atoms with Crippen molar-refractivity contribution in [1.82, 2.24) is 19.5 Å². The molecule has 11 heteroatoms. The molecule has 1 aliphatic rings. The Morgan fingerprint density at radius 3 is 2.96 bits per heavy atom. The number of nitrogens with two attached hydrogens (primary N) is 2. The highest BCUT2D eigenvalue weighted by Crippen LogP contribution is 2.34. The second-order valence-corrected chi connectivity index (χ2v) is 6.27. The van der Waals surface area contributed by atoms with Gasteiger partial charge in [0.2, 0.25) is 0 Å². The maximum Gasteiger partial charge on any atom is 0.323 e. The first kappa shape index (κ1) is 17.1. The van der Waals surface area contributed by atoms with E-state index in [0.29, 0.717) is 0 Å². The van der Waals surface area contributed by atoms with E-state index in [2.05, 4.69) is 15.0 Å². The molecule has 26 heavy (non-hydrogen) atoms. The van der Waals surface area contributed by atoms with Crippen LogP contribution in [0.3, 0.4) is 0 Å². The van der Waals surface area contributed by atoms with Gasteiger partial charge >= 0.3 is 5.97 Å². The van der Waals surface area contributed by atoms with Crippen molar-refractivity contribution in [2.45, 2.75) is 44.5 Å². The number of aromatic nitrogens is 4. The van der Waals surface area contributed by atoms with Crippen LogP contribution in [0.2, 0.25) is 0 Å². The molecule has 5 N–H and O–H groups in total. The zero-order chi connectivity index (χ0) is 19.9. The molecule has 1 aliphatic heterocycles. The zero-order valence-corrected chi connectivity index (χ0v) is 14.2. The lowest BCUT2D eigenvalue weighted by Gasteiger charge is -2.18. The molecule has 0 aliphatic carbocycles. The number of esters is 1. The number of carbonyl (C=O) groups excluding carboxylic acids is 1. The van der Waals surface area contributed by atoms with E-state index >= 15 is 0 Å². The Morgan fingerprint density at radius 1 is 1.54 bits per heavy atom. The van der Waals surface area contributed by atoms with E-state index < -0.39 is 49.1 Å². The Morgan fingerprint density at radius 2 is 2.27 bits per heavy atom. The Hall–Kier alpha value is -2.37. The van der Waals surface area contributed by atoms with E-state index in [-0.39, 0.29) is 17.0 Å². The number of carbonyl (C=O) groups is 1. The summed E-state index contributed by atoms with van der Waals surface area (Å²) in [6.45, 7) is 2.51. The number of halogens is 1. The number of imidazole rings is 1. The van der Waals surface area contributed by atoms with Crippen LogP contribution in [0.15, 0.2) is 12.7 Å². The number of nitrogens with zero attached hydrogens (tertiary/aromatic N) is 4. The minimum atomic E-state index is -1.82. The van der Waals surface area contributed by atoms with Gasteiger partial charge in [-0.25, -0.2) is 19.3 Å². The Labute approximate surface area is 149 Å². The number of ether oxygens (including phenoxy) is 2. The molecule has 2 aromatic rings. The van der Waals surface area contributed by atoms with Crippen LogP contribution in [-0.2, 0) is 14.3 Å². The SMILES string of the molecule is [2H]C(C)(C)[C@H](N)C(=O)OC[C@H]1OC(n2cnc3c(N)ncnc32)[C@H](F)[C@@H]1O. The fourth-order valence-electron chi connectivity index (χ4n) is 2.61. The highest BCUT2D eigenvalue weighted by Gasteiger charge is 2.46. The maximum absolute atomic E-state index is 14.6. The first-order valence-corrected chi connectivity index (χ1v) is 7.94. The lowest BCUT2D eigenvalue weighted by Crippen LogP contribution is -2.40. The smallest absolute Gasteiger partial charge is 0.323 e. The van der Waals surface area contributed by atoms with E-state index in [1.165, 1.54) is 31.1 Å². The number of aliphatic hydroxyl groups is 1. The third-order valence-electron chi connectivity index (χ3n) is 4.22. The third kappa shape index (κ3) is 3.20. The van der Waals surface area contributed by atoms with Gasteiger partial charge in [-0.2, -0.15) is 0 Å². The van der Waals surface area contributed by atoms with Gasteiger partial charge in [-0.05, 0) is 5.89 Å². The second kappa shape index (κ2) is 7.09. The summed E-state index contributed by atoms with van der Waals surface area (Å²) in [5.41, 5.74) is 11.9. The molecule has 0 radical (unpaired) electrons. The van der Waals surface area contributed by atoms with E-state index in [4.69, 9.17) is 22.3 Å². The molecule has 1 fully saturated rings. The largest absolute Gasteiger partial charge is 0.462 e. The van der Waals surface area contributed by atoms with Crippen molar-refractivity contribution in [2.75, 3.05) is 12.3 Å². The highest BCUT2D eigenvalue weighted by molar-refractivity contribution is 5.81. The van der Waals surface area contributed by atoms with Crippen molar-refractivity contribution >= 4 is 23.0 Å². The Balaban J connectivity index is 1.72. The molecule has 142 valence electrons. The fraction of sp³-hybridized carbons (Fsp3) is 0.600. The molecular weight excluding hydrogens is 347 g/mol. The highest BCUT2D eigenvalue weighted by atomic mass is 19.1. The molecule has 0 amide bonds. The molecule has 5 atom stereocenters. The Bertz CT molecular complexity index is 843. The van der Waals surface area contributed by atoms with Crippen LogP contribution in [0, 0.1) is 5.89 Å². The monoisotopic (exact) mass is 369 g/mol. The summed E-state index contributed by atoms with van der Waals surface area (Å²) < 4.78 is 34.2. The van der Waals surface area contributed by atoms with Crippen LogP contribution in [0.4, 0.5) is 10.2 Å². The average molecular weight is 369 g/mol. The van der Waals surface area contributed by atoms with Crippen LogP contribution in [0.5, 0.6) is 0 Å². The van der Waals surface area contributed by atoms with Gasteiger partial charge in [0.05, 0.1) is 6.33 Å². The summed E-state index contributed by atoms with van der Waals surface area (Å²) in [5.74, 6) is -1.95. The molecule has 2 aromatic heterocycles. The first-order valence-electron chi connectivity index (χ1n) is 8.44. The van der Waals surface area contributed by atoms with Gasteiger partial charge < -0.3 is 26.0 Å². The molecule has 3 rings (SSSR count). The predicted molar refractivity (Wildman–Crippen MR) is 88.3 cm³/mol. The average Bonchev–Trinajstić information content (AvgIpc) is 3.15. The molecule has 0 aromatic carbocycles. The quantitative estimate of drug-likeness (QED) is 0.594. The van der Waals surface area contributed by atoms with E-state index in [1.54, 1.807) is 0 Å². The van der Waals surface area contributed by atoms with Crippen LogP contribution in [0.1, 0.15) is 21.4 Å². The summed E-state index contributed by atoms with van der Waals surface area (Å²) >= 11 is 0. The molecule has 0 saturated carbocycles. The number of aliphatic hydroxyl groups excluding tert-OH is 1. The van der Waals surface area contributed by atoms with Crippen molar-refractivity contribution in [3.8, 4) is 0 Å². The summed E-state index contributed by atoms with van der Waals surface area (Å²) in [4.78, 5) is 23.8. The minimum absolute atomic E-state index is 0.130. The number of anilines is 1. The van der Waals surface area contributed by atoms with Crippen molar-refractivity contribution in [3.05, 3.63) is 12.7 Å². The molecule has 3 heterocycles. The van der Waals surface area contributed by atoms with E-state index in [0.717, 1.165) is 0 Å². The molecule has 1 unspecified atom stereocenters. The van der Waals surface area contributed by atoms with Crippen molar-refractivity contribution in [2.24, 2.45) is 11.6 Å². The maximum atomic E-state index is 14.6. The van der Waals surface area contributed by atoms with Gasteiger partial charge in [-0.1, -0.05) is 13.8 Å². The third-order valence-corrected chi connectivity index (χ3v) is 4.22. The molecule has 0 spiro atoms. The number of hydrogen-bond donors (Lipinski definition) is 3. The Kier molecular flexibility index (Phi) is 4.66. The summed E-state index contributed by atoms with van der Waals surface area (Å²) in [7, 11) is 0. The van der Waals surface area contributed by atoms with Gasteiger partial charge in [0.15, 0.2) is 23.9 Å². The lowest BCUT2D eigenvalue weighted by molar-refractivity contribution is -0.152. The van der Waals surface area contributed by atoms with Crippen molar-refractivity contribution in [1.29, 1.82) is 0 Å². The van der Waals surface area contributed by atoms with Gasteiger partial charge in [0.1, 0.15) is 36.7 Å². The topological polar surface area (TPSA) is 151 Å². The van der Waals surface area contributed by atoms with Gasteiger partial charge in [0, 0.05) is 1.37 Å². The molecule has 1 saturated heterocycles. The molecule has 0 bridgehead atoms. The van der Waals surface area contributed by atoms with Crippen molar-refractivity contribution in [3.63, 3.8) is 0 Å². The lowest BCUT2D eigenvalue weighted by atomic mass is 10.1. The number of alkyl halides is 1. The minimum Gasteiger partial charge on any atom is -0.462 e. The standard InChI is InChI=1S/C15H21FN6O4/c1-6(2)9(17)15(24)25-3-7-11(23)8(16)14(26-7)22-5-21-10-12(18)19-4-20-13(10)22/h4-9,11,14,23H,3,17H2,1-2H3,(H2,18,19,20)/t7-,8-,9+,11-,14?/m1/s1/i6D. The van der Waals surface area contributed by atoms with Crippen LogP contribution >= 0.6 is 0 Å². The number of rotatable bonds is 5. The summed E-state index contributed by atoms with van der Waals surface area (Å²) in [6, 6.07) is -1.19. The van der Waals surface area contributed by atoms with Crippen LogP contribution < -0.4 is 11.5 Å². The van der Waals surface area contributed by atoms with Crippen LogP contribution in [0.25, 0.3) is 11.2 Å². The molecule has 10 nitrogen and oxygen atoms in total. The van der Waals surface area contributed by atoms with E-state index in [9.17, 15) is 14.3 Å². The normalized spacial score (nSPS) is 28.1. The van der Waals surface area contributed by atoms with Gasteiger partial charge in [-0.15, -0.1) is 0 Å². The predicted octanol–water partition coefficient (Wildman–Crippen LogP) is -0.469. The van der Waals surface area contributed by atoms with Gasteiger partial charge in [0.25, 0.3) is 0 Å².